The fourth-order valence-electron chi connectivity index (χ4n) is 4.12. The fraction of sp³-hybridized carbons (Fsp3) is 0.188. The molecule has 40 heavy (non-hydrogen) atoms. The SMILES string of the molecule is Cc1ccc(N(CC(=O)Nc2cccc(C(=O)c3ccc(C(C)(C)C)cc3)c2)S(=O)(=O)c2ccc(F)cc2)cc1. The Kier molecular flexibility index (Phi) is 8.21. The van der Waals surface area contributed by atoms with Gasteiger partial charge in [0.2, 0.25) is 5.91 Å². The molecule has 0 aliphatic rings. The van der Waals surface area contributed by atoms with E-state index in [0.29, 0.717) is 16.8 Å². The first-order chi connectivity index (χ1) is 18.8. The molecule has 0 fully saturated rings. The number of halogens is 1. The normalized spacial score (nSPS) is 11.6. The molecule has 0 aliphatic carbocycles. The predicted molar refractivity (Wildman–Crippen MR) is 156 cm³/mol. The maximum atomic E-state index is 13.5. The van der Waals surface area contributed by atoms with E-state index in [-0.39, 0.29) is 21.8 Å². The van der Waals surface area contributed by atoms with E-state index in [1.54, 1.807) is 60.7 Å². The minimum Gasteiger partial charge on any atom is -0.324 e. The summed E-state index contributed by atoms with van der Waals surface area (Å²) in [5, 5.41) is 2.70. The van der Waals surface area contributed by atoms with E-state index in [1.807, 2.05) is 19.1 Å². The van der Waals surface area contributed by atoms with Gasteiger partial charge in [-0.3, -0.25) is 13.9 Å². The lowest BCUT2D eigenvalue weighted by atomic mass is 9.86. The highest BCUT2D eigenvalue weighted by atomic mass is 32.2. The average molecular weight is 559 g/mol. The molecule has 0 aromatic heterocycles. The molecule has 1 N–H and O–H groups in total. The van der Waals surface area contributed by atoms with Crippen LogP contribution in [0.15, 0.2) is 102 Å². The highest BCUT2D eigenvalue weighted by Gasteiger charge is 2.27. The Labute approximate surface area is 234 Å². The molecule has 0 bridgehead atoms. The van der Waals surface area contributed by atoms with Crippen LogP contribution in [0.2, 0.25) is 0 Å². The number of hydrogen-bond acceptors (Lipinski definition) is 4. The molecule has 0 aliphatic heterocycles. The number of hydrogen-bond donors (Lipinski definition) is 1. The lowest BCUT2D eigenvalue weighted by Gasteiger charge is -2.24. The summed E-state index contributed by atoms with van der Waals surface area (Å²) in [5.74, 6) is -1.37. The summed E-state index contributed by atoms with van der Waals surface area (Å²) in [4.78, 5) is 26.1. The number of carbonyl (C=O) groups excluding carboxylic acids is 2. The molecule has 4 rings (SSSR count). The van der Waals surface area contributed by atoms with Crippen molar-refractivity contribution >= 4 is 33.1 Å². The van der Waals surface area contributed by atoms with E-state index < -0.39 is 28.3 Å². The predicted octanol–water partition coefficient (Wildman–Crippen LogP) is 6.50. The van der Waals surface area contributed by atoms with Gasteiger partial charge in [-0.05, 0) is 66.4 Å². The average Bonchev–Trinajstić information content (AvgIpc) is 2.92. The Balaban J connectivity index is 1.56. The fourth-order valence-corrected chi connectivity index (χ4v) is 5.54. The lowest BCUT2D eigenvalue weighted by molar-refractivity contribution is -0.114. The Morgan fingerprint density at radius 1 is 0.825 bits per heavy atom. The minimum absolute atomic E-state index is 0.0393. The monoisotopic (exact) mass is 558 g/mol. The van der Waals surface area contributed by atoms with E-state index in [4.69, 9.17) is 0 Å². The van der Waals surface area contributed by atoms with E-state index in [1.165, 1.54) is 0 Å². The summed E-state index contributed by atoms with van der Waals surface area (Å²) in [7, 11) is -4.19. The molecule has 4 aromatic carbocycles. The molecule has 4 aromatic rings. The topological polar surface area (TPSA) is 83.6 Å². The van der Waals surface area contributed by atoms with Gasteiger partial charge in [0.05, 0.1) is 10.6 Å². The standard InChI is InChI=1S/C32H31FN2O4S/c1-22-8-16-28(17-9-22)35(40(38,39)29-18-14-26(33)15-19-29)21-30(36)34-27-7-5-6-24(20-27)31(37)23-10-12-25(13-11-23)32(2,3)4/h5-20H,21H2,1-4H3,(H,34,36). The first kappa shape index (κ1) is 28.7. The van der Waals surface area contributed by atoms with Crippen molar-refractivity contribution in [1.82, 2.24) is 0 Å². The van der Waals surface area contributed by atoms with Gasteiger partial charge in [0.15, 0.2) is 5.78 Å². The van der Waals surface area contributed by atoms with Crippen LogP contribution in [0.25, 0.3) is 0 Å². The number of rotatable bonds is 8. The molecular formula is C32H31FN2O4S. The molecular weight excluding hydrogens is 527 g/mol. The maximum absolute atomic E-state index is 13.5. The summed E-state index contributed by atoms with van der Waals surface area (Å²) < 4.78 is 41.4. The Morgan fingerprint density at radius 3 is 2.05 bits per heavy atom. The number of nitrogens with zero attached hydrogens (tertiary/aromatic N) is 1. The number of aryl methyl sites for hydroxylation is 1. The van der Waals surface area contributed by atoms with E-state index >= 15 is 0 Å². The molecule has 0 saturated carbocycles. The number of carbonyl (C=O) groups is 2. The third-order valence-electron chi connectivity index (χ3n) is 6.43. The van der Waals surface area contributed by atoms with Crippen LogP contribution in [0, 0.1) is 12.7 Å². The number of ketones is 1. The largest absolute Gasteiger partial charge is 0.324 e. The molecule has 206 valence electrons. The summed E-state index contributed by atoms with van der Waals surface area (Å²) in [6.45, 7) is 7.63. The van der Waals surface area contributed by atoms with Crippen molar-refractivity contribution in [3.63, 3.8) is 0 Å². The van der Waals surface area contributed by atoms with Gasteiger partial charge in [0, 0.05) is 16.8 Å². The maximum Gasteiger partial charge on any atom is 0.264 e. The molecule has 8 heteroatoms. The number of nitrogens with one attached hydrogen (secondary N) is 1. The van der Waals surface area contributed by atoms with Crippen LogP contribution in [-0.2, 0) is 20.2 Å². The zero-order valence-electron chi connectivity index (χ0n) is 22.8. The van der Waals surface area contributed by atoms with Crippen molar-refractivity contribution in [2.75, 3.05) is 16.2 Å². The van der Waals surface area contributed by atoms with Crippen LogP contribution < -0.4 is 9.62 Å². The minimum atomic E-state index is -4.19. The third-order valence-corrected chi connectivity index (χ3v) is 8.22. The van der Waals surface area contributed by atoms with Crippen molar-refractivity contribution in [3.05, 3.63) is 125 Å². The second-order valence-corrected chi connectivity index (χ2v) is 12.4. The number of anilines is 2. The van der Waals surface area contributed by atoms with Crippen molar-refractivity contribution < 1.29 is 22.4 Å². The van der Waals surface area contributed by atoms with Gasteiger partial charge in [0.1, 0.15) is 12.4 Å². The summed E-state index contributed by atoms with van der Waals surface area (Å²) >= 11 is 0. The quantitative estimate of drug-likeness (QED) is 0.250. The molecule has 0 saturated heterocycles. The number of sulfonamides is 1. The van der Waals surface area contributed by atoms with Gasteiger partial charge >= 0.3 is 0 Å². The highest BCUT2D eigenvalue weighted by Crippen LogP contribution is 2.26. The van der Waals surface area contributed by atoms with Gasteiger partial charge in [-0.25, -0.2) is 12.8 Å². The zero-order valence-corrected chi connectivity index (χ0v) is 23.6. The van der Waals surface area contributed by atoms with Crippen LogP contribution in [0.4, 0.5) is 15.8 Å². The van der Waals surface area contributed by atoms with Crippen LogP contribution in [-0.4, -0.2) is 26.7 Å². The van der Waals surface area contributed by atoms with Crippen molar-refractivity contribution in [2.45, 2.75) is 38.0 Å². The van der Waals surface area contributed by atoms with Crippen LogP contribution in [0.3, 0.4) is 0 Å². The number of amides is 1. The number of benzene rings is 4. The van der Waals surface area contributed by atoms with Gasteiger partial charge in [-0.15, -0.1) is 0 Å². The Morgan fingerprint density at radius 2 is 1.45 bits per heavy atom. The smallest absolute Gasteiger partial charge is 0.264 e. The Hall–Kier alpha value is -4.30. The summed E-state index contributed by atoms with van der Waals surface area (Å²) in [5.41, 5.74) is 3.53. The zero-order chi connectivity index (χ0) is 29.1. The molecule has 6 nitrogen and oxygen atoms in total. The second-order valence-electron chi connectivity index (χ2n) is 10.6. The van der Waals surface area contributed by atoms with E-state index in [2.05, 4.69) is 26.1 Å². The lowest BCUT2D eigenvalue weighted by Crippen LogP contribution is -2.38. The third kappa shape index (κ3) is 6.63. The van der Waals surface area contributed by atoms with Crippen LogP contribution in [0.5, 0.6) is 0 Å². The van der Waals surface area contributed by atoms with Crippen LogP contribution in [0.1, 0.15) is 47.8 Å². The summed E-state index contributed by atoms with van der Waals surface area (Å²) in [6.07, 6.45) is 0. The molecule has 0 atom stereocenters. The first-order valence-corrected chi connectivity index (χ1v) is 14.2. The molecule has 0 radical (unpaired) electrons. The molecule has 0 unspecified atom stereocenters. The molecule has 0 spiro atoms. The second kappa shape index (κ2) is 11.4. The summed E-state index contributed by atoms with van der Waals surface area (Å²) in [6, 6.07) is 25.0. The molecule has 0 heterocycles. The van der Waals surface area contributed by atoms with Gasteiger partial charge in [0.25, 0.3) is 10.0 Å². The van der Waals surface area contributed by atoms with Gasteiger partial charge in [-0.1, -0.05) is 74.9 Å². The first-order valence-electron chi connectivity index (χ1n) is 12.7. The van der Waals surface area contributed by atoms with Gasteiger partial charge in [-0.2, -0.15) is 0 Å². The molecule has 1 amide bonds. The van der Waals surface area contributed by atoms with Crippen molar-refractivity contribution in [2.24, 2.45) is 0 Å². The van der Waals surface area contributed by atoms with E-state index in [0.717, 1.165) is 39.7 Å². The highest BCUT2D eigenvalue weighted by molar-refractivity contribution is 7.92. The van der Waals surface area contributed by atoms with E-state index in [9.17, 15) is 22.4 Å². The van der Waals surface area contributed by atoms with Crippen LogP contribution >= 0.6 is 0 Å². The van der Waals surface area contributed by atoms with Crippen molar-refractivity contribution in [3.8, 4) is 0 Å². The van der Waals surface area contributed by atoms with Gasteiger partial charge < -0.3 is 5.32 Å². The van der Waals surface area contributed by atoms with Crippen molar-refractivity contribution in [1.29, 1.82) is 0 Å². The Bertz CT molecular complexity index is 1620.